The predicted molar refractivity (Wildman–Crippen MR) is 122 cm³/mol. The van der Waals surface area contributed by atoms with Crippen LogP contribution in [0.25, 0.3) is 0 Å². The SMILES string of the molecule is CN=C(NCCOCCS(C)(=O)=O)NCC1(c2cccc(C(F)(F)F)c2)CCC1.I. The molecule has 172 valence electrons. The van der Waals surface area contributed by atoms with E-state index in [1.54, 1.807) is 13.1 Å². The van der Waals surface area contributed by atoms with Gasteiger partial charge in [-0.3, -0.25) is 4.99 Å². The summed E-state index contributed by atoms with van der Waals surface area (Å²) in [5.74, 6) is 0.495. The molecular formula is C19H29F3IN3O3S. The first kappa shape index (κ1) is 27.0. The second kappa shape index (κ2) is 11.5. The lowest BCUT2D eigenvalue weighted by molar-refractivity contribution is -0.137. The van der Waals surface area contributed by atoms with Gasteiger partial charge in [0.25, 0.3) is 0 Å². The molecule has 0 aromatic heterocycles. The van der Waals surface area contributed by atoms with Crippen molar-refractivity contribution in [1.82, 2.24) is 10.6 Å². The molecular weight excluding hydrogens is 534 g/mol. The number of aliphatic imine (C=N–C) groups is 1. The van der Waals surface area contributed by atoms with Crippen LogP contribution in [-0.4, -0.2) is 59.7 Å². The fourth-order valence-corrected chi connectivity index (χ4v) is 3.64. The first-order chi connectivity index (χ1) is 13.6. The number of guanidine groups is 1. The molecule has 30 heavy (non-hydrogen) atoms. The van der Waals surface area contributed by atoms with Crippen molar-refractivity contribution in [2.75, 3.05) is 45.4 Å². The summed E-state index contributed by atoms with van der Waals surface area (Å²) >= 11 is 0. The maximum atomic E-state index is 13.0. The lowest BCUT2D eigenvalue weighted by atomic mass is 9.64. The standard InChI is InChI=1S/C19H28F3N3O3S.HI/c1-23-17(24-9-10-28-11-12-29(2,26)27)25-14-18(7-4-8-18)15-5-3-6-16(13-15)19(20,21)22;/h3,5-6,13H,4,7-12,14H2,1-2H3,(H2,23,24,25);1H. The molecule has 0 unspecified atom stereocenters. The molecule has 1 aromatic carbocycles. The van der Waals surface area contributed by atoms with Gasteiger partial charge in [0.15, 0.2) is 5.96 Å². The molecule has 0 bridgehead atoms. The van der Waals surface area contributed by atoms with Crippen molar-refractivity contribution in [2.24, 2.45) is 4.99 Å². The van der Waals surface area contributed by atoms with Gasteiger partial charge in [0.1, 0.15) is 9.84 Å². The molecule has 1 aromatic rings. The summed E-state index contributed by atoms with van der Waals surface area (Å²) < 4.78 is 66.5. The number of benzene rings is 1. The monoisotopic (exact) mass is 563 g/mol. The van der Waals surface area contributed by atoms with Crippen LogP contribution in [0.15, 0.2) is 29.3 Å². The van der Waals surface area contributed by atoms with Gasteiger partial charge >= 0.3 is 6.18 Å². The molecule has 1 aliphatic rings. The normalized spacial score (nSPS) is 16.4. The van der Waals surface area contributed by atoms with Crippen molar-refractivity contribution in [3.05, 3.63) is 35.4 Å². The molecule has 0 radical (unpaired) electrons. The van der Waals surface area contributed by atoms with E-state index in [-0.39, 0.29) is 41.8 Å². The molecule has 1 fully saturated rings. The van der Waals surface area contributed by atoms with Crippen LogP contribution in [0.2, 0.25) is 0 Å². The lowest BCUT2D eigenvalue weighted by Crippen LogP contribution is -2.49. The van der Waals surface area contributed by atoms with E-state index in [1.807, 2.05) is 0 Å². The van der Waals surface area contributed by atoms with Crippen molar-refractivity contribution >= 4 is 39.8 Å². The van der Waals surface area contributed by atoms with E-state index in [4.69, 9.17) is 4.74 Å². The molecule has 0 aliphatic heterocycles. The molecule has 1 saturated carbocycles. The Kier molecular flexibility index (Phi) is 10.3. The van der Waals surface area contributed by atoms with Crippen molar-refractivity contribution in [3.63, 3.8) is 0 Å². The van der Waals surface area contributed by atoms with Gasteiger partial charge in [0, 0.05) is 31.8 Å². The van der Waals surface area contributed by atoms with Gasteiger partial charge in [-0.15, -0.1) is 24.0 Å². The van der Waals surface area contributed by atoms with E-state index < -0.39 is 21.6 Å². The molecule has 0 heterocycles. The predicted octanol–water partition coefficient (Wildman–Crippen LogP) is 2.97. The molecule has 0 spiro atoms. The Morgan fingerprint density at radius 3 is 2.47 bits per heavy atom. The summed E-state index contributed by atoms with van der Waals surface area (Å²) in [6.45, 7) is 1.35. The summed E-state index contributed by atoms with van der Waals surface area (Å²) in [5.41, 5.74) is -0.286. The number of sulfone groups is 1. The third kappa shape index (κ3) is 8.22. The highest BCUT2D eigenvalue weighted by atomic mass is 127. The van der Waals surface area contributed by atoms with Crippen molar-refractivity contribution in [2.45, 2.75) is 30.9 Å². The molecule has 2 rings (SSSR count). The van der Waals surface area contributed by atoms with Gasteiger partial charge in [-0.2, -0.15) is 13.2 Å². The topological polar surface area (TPSA) is 79.8 Å². The first-order valence-corrected chi connectivity index (χ1v) is 11.5. The zero-order chi connectivity index (χ0) is 21.5. The summed E-state index contributed by atoms with van der Waals surface area (Å²) in [5, 5.41) is 6.25. The quantitative estimate of drug-likeness (QED) is 0.209. The van der Waals surface area contributed by atoms with Crippen LogP contribution in [0.1, 0.15) is 30.4 Å². The number of ether oxygens (including phenoxy) is 1. The highest BCUT2D eigenvalue weighted by molar-refractivity contribution is 14.0. The van der Waals surface area contributed by atoms with E-state index >= 15 is 0 Å². The smallest absolute Gasteiger partial charge is 0.379 e. The van der Waals surface area contributed by atoms with Gasteiger partial charge in [-0.25, -0.2) is 8.42 Å². The fourth-order valence-electron chi connectivity index (χ4n) is 3.22. The molecule has 0 saturated heterocycles. The molecule has 11 heteroatoms. The summed E-state index contributed by atoms with van der Waals surface area (Å²) in [6, 6.07) is 5.54. The summed E-state index contributed by atoms with van der Waals surface area (Å²) in [7, 11) is -1.44. The highest BCUT2D eigenvalue weighted by Crippen LogP contribution is 2.44. The minimum absolute atomic E-state index is 0. The number of alkyl halides is 3. The number of hydrogen-bond acceptors (Lipinski definition) is 4. The Balaban J connectivity index is 0.00000450. The Morgan fingerprint density at radius 2 is 1.93 bits per heavy atom. The summed E-state index contributed by atoms with van der Waals surface area (Å²) in [4.78, 5) is 4.12. The van der Waals surface area contributed by atoms with Gasteiger partial charge < -0.3 is 15.4 Å². The van der Waals surface area contributed by atoms with Crippen LogP contribution in [0, 0.1) is 0 Å². The maximum Gasteiger partial charge on any atom is 0.416 e. The zero-order valence-electron chi connectivity index (χ0n) is 17.1. The van der Waals surface area contributed by atoms with Crippen molar-refractivity contribution in [3.8, 4) is 0 Å². The van der Waals surface area contributed by atoms with Crippen LogP contribution in [-0.2, 0) is 26.2 Å². The molecule has 6 nitrogen and oxygen atoms in total. The van der Waals surface area contributed by atoms with Gasteiger partial charge in [-0.1, -0.05) is 24.6 Å². The Bertz CT molecular complexity index is 813. The Hall–Kier alpha value is -1.08. The molecule has 0 atom stereocenters. The van der Waals surface area contributed by atoms with Crippen molar-refractivity contribution < 1.29 is 26.3 Å². The zero-order valence-corrected chi connectivity index (χ0v) is 20.2. The lowest BCUT2D eigenvalue weighted by Gasteiger charge is -2.43. The number of rotatable bonds is 9. The van der Waals surface area contributed by atoms with E-state index in [2.05, 4.69) is 15.6 Å². The number of hydrogen-bond donors (Lipinski definition) is 2. The average Bonchev–Trinajstić information content (AvgIpc) is 2.60. The second-order valence-electron chi connectivity index (χ2n) is 7.31. The van der Waals surface area contributed by atoms with E-state index in [1.165, 1.54) is 12.1 Å². The third-order valence-electron chi connectivity index (χ3n) is 5.07. The fraction of sp³-hybridized carbons (Fsp3) is 0.632. The minimum Gasteiger partial charge on any atom is -0.379 e. The van der Waals surface area contributed by atoms with Gasteiger partial charge in [0.2, 0.25) is 0 Å². The number of nitrogens with zero attached hydrogens (tertiary/aromatic N) is 1. The van der Waals surface area contributed by atoms with Gasteiger partial charge in [0.05, 0.1) is 24.5 Å². The molecule has 2 N–H and O–H groups in total. The van der Waals surface area contributed by atoms with Crippen LogP contribution in [0.4, 0.5) is 13.2 Å². The third-order valence-corrected chi connectivity index (χ3v) is 5.98. The van der Waals surface area contributed by atoms with Crippen LogP contribution >= 0.6 is 24.0 Å². The van der Waals surface area contributed by atoms with Crippen LogP contribution in [0.3, 0.4) is 0 Å². The second-order valence-corrected chi connectivity index (χ2v) is 9.57. The van der Waals surface area contributed by atoms with E-state index in [9.17, 15) is 21.6 Å². The highest BCUT2D eigenvalue weighted by Gasteiger charge is 2.40. The van der Waals surface area contributed by atoms with E-state index in [0.29, 0.717) is 31.2 Å². The average molecular weight is 563 g/mol. The molecule has 0 amide bonds. The Labute approximate surface area is 193 Å². The summed E-state index contributed by atoms with van der Waals surface area (Å²) in [6.07, 6.45) is -0.609. The first-order valence-electron chi connectivity index (χ1n) is 9.43. The van der Waals surface area contributed by atoms with Crippen molar-refractivity contribution in [1.29, 1.82) is 0 Å². The van der Waals surface area contributed by atoms with Crippen LogP contribution < -0.4 is 10.6 Å². The largest absolute Gasteiger partial charge is 0.416 e. The van der Waals surface area contributed by atoms with Crippen LogP contribution in [0.5, 0.6) is 0 Å². The maximum absolute atomic E-state index is 13.0. The van der Waals surface area contributed by atoms with Gasteiger partial charge in [-0.05, 0) is 24.5 Å². The number of halogens is 4. The number of nitrogens with one attached hydrogen (secondary N) is 2. The molecule has 1 aliphatic carbocycles. The minimum atomic E-state index is -4.36. The Morgan fingerprint density at radius 1 is 1.23 bits per heavy atom. The van der Waals surface area contributed by atoms with E-state index in [0.717, 1.165) is 31.6 Å².